The normalized spacial score (nSPS) is 14.0. The summed E-state index contributed by atoms with van der Waals surface area (Å²) in [5, 5.41) is 8.98. The summed E-state index contributed by atoms with van der Waals surface area (Å²) in [7, 11) is -4.49. The predicted octanol–water partition coefficient (Wildman–Crippen LogP) is -0.631. The lowest BCUT2D eigenvalue weighted by Gasteiger charge is -2.08. The number of hydrogen-bond acceptors (Lipinski definition) is 5. The standard InChI is InChI=1S/C6H12O6S/c1-2-3-11-4-6(7)5-12-13(8,9)10/h2,6-7H,1,3-5H2,(H,8,9,10). The molecule has 0 aliphatic rings. The SMILES string of the molecule is C=CCOCC(O)COS(=O)(=O)O. The number of aliphatic hydroxyl groups excluding tert-OH is 1. The molecule has 6 nitrogen and oxygen atoms in total. The molecule has 0 saturated carbocycles. The quantitative estimate of drug-likeness (QED) is 0.331. The van der Waals surface area contributed by atoms with Crippen molar-refractivity contribution in [1.29, 1.82) is 0 Å². The summed E-state index contributed by atoms with van der Waals surface area (Å²) < 4.78 is 36.9. The van der Waals surface area contributed by atoms with Gasteiger partial charge in [0.2, 0.25) is 0 Å². The third-order valence-corrected chi connectivity index (χ3v) is 1.39. The van der Waals surface area contributed by atoms with E-state index in [-0.39, 0.29) is 13.2 Å². The van der Waals surface area contributed by atoms with Crippen molar-refractivity contribution in [3.8, 4) is 0 Å². The molecule has 0 bridgehead atoms. The minimum absolute atomic E-state index is 0.0818. The van der Waals surface area contributed by atoms with Crippen molar-refractivity contribution in [3.05, 3.63) is 12.7 Å². The van der Waals surface area contributed by atoms with Gasteiger partial charge in [0.05, 0.1) is 19.8 Å². The van der Waals surface area contributed by atoms with Crippen LogP contribution in [0.3, 0.4) is 0 Å². The van der Waals surface area contributed by atoms with Gasteiger partial charge in [-0.2, -0.15) is 8.42 Å². The zero-order valence-corrected chi connectivity index (χ0v) is 7.74. The topological polar surface area (TPSA) is 93.1 Å². The van der Waals surface area contributed by atoms with Crippen molar-refractivity contribution in [2.75, 3.05) is 19.8 Å². The number of ether oxygens (including phenoxy) is 1. The van der Waals surface area contributed by atoms with Crippen LogP contribution in [-0.2, 0) is 19.3 Å². The Morgan fingerprint density at radius 2 is 2.08 bits per heavy atom. The summed E-state index contributed by atoms with van der Waals surface area (Å²) in [4.78, 5) is 0. The summed E-state index contributed by atoms with van der Waals surface area (Å²) in [6.45, 7) is 3.01. The lowest BCUT2D eigenvalue weighted by atomic mass is 10.4. The van der Waals surface area contributed by atoms with Crippen LogP contribution in [0, 0.1) is 0 Å². The van der Waals surface area contributed by atoms with E-state index in [0.717, 1.165) is 0 Å². The van der Waals surface area contributed by atoms with E-state index in [9.17, 15) is 8.42 Å². The van der Waals surface area contributed by atoms with Gasteiger partial charge in [0.25, 0.3) is 0 Å². The first-order chi connectivity index (χ1) is 5.95. The van der Waals surface area contributed by atoms with Gasteiger partial charge in [-0.05, 0) is 0 Å². The van der Waals surface area contributed by atoms with Gasteiger partial charge < -0.3 is 9.84 Å². The van der Waals surface area contributed by atoms with Gasteiger partial charge in [-0.3, -0.25) is 4.55 Å². The summed E-state index contributed by atoms with van der Waals surface area (Å²) in [5.41, 5.74) is 0. The molecule has 0 spiro atoms. The van der Waals surface area contributed by atoms with Gasteiger partial charge in [-0.25, -0.2) is 4.18 Å². The zero-order chi connectivity index (χ0) is 10.3. The Morgan fingerprint density at radius 1 is 1.46 bits per heavy atom. The molecular formula is C6H12O6S. The fraction of sp³-hybridized carbons (Fsp3) is 0.667. The summed E-state index contributed by atoms with van der Waals surface area (Å²) in [6, 6.07) is 0. The summed E-state index contributed by atoms with van der Waals surface area (Å²) in [5.74, 6) is 0. The number of aliphatic hydroxyl groups is 1. The lowest BCUT2D eigenvalue weighted by Crippen LogP contribution is -2.23. The molecule has 13 heavy (non-hydrogen) atoms. The average molecular weight is 212 g/mol. The molecule has 0 aliphatic heterocycles. The second-order valence-corrected chi connectivity index (χ2v) is 3.28. The Balaban J connectivity index is 3.51. The van der Waals surface area contributed by atoms with E-state index in [1.807, 2.05) is 0 Å². The summed E-state index contributed by atoms with van der Waals surface area (Å²) >= 11 is 0. The Hall–Kier alpha value is -0.470. The number of rotatable bonds is 7. The summed E-state index contributed by atoms with van der Waals surface area (Å²) in [6.07, 6.45) is 0.387. The van der Waals surface area contributed by atoms with Gasteiger partial charge in [0.1, 0.15) is 6.10 Å². The zero-order valence-electron chi connectivity index (χ0n) is 6.92. The molecule has 0 aromatic rings. The van der Waals surface area contributed by atoms with E-state index >= 15 is 0 Å². The first kappa shape index (κ1) is 12.5. The molecule has 0 amide bonds. The highest BCUT2D eigenvalue weighted by Gasteiger charge is 2.10. The minimum Gasteiger partial charge on any atom is -0.388 e. The van der Waals surface area contributed by atoms with E-state index in [4.69, 9.17) is 14.4 Å². The molecule has 0 heterocycles. The highest BCUT2D eigenvalue weighted by Crippen LogP contribution is 1.92. The third-order valence-electron chi connectivity index (χ3n) is 0.955. The maximum Gasteiger partial charge on any atom is 0.397 e. The maximum atomic E-state index is 10.0. The second kappa shape index (κ2) is 6.06. The van der Waals surface area contributed by atoms with Crippen molar-refractivity contribution >= 4 is 10.4 Å². The van der Waals surface area contributed by atoms with Gasteiger partial charge in [0.15, 0.2) is 0 Å². The van der Waals surface area contributed by atoms with Crippen molar-refractivity contribution in [1.82, 2.24) is 0 Å². The first-order valence-electron chi connectivity index (χ1n) is 3.44. The smallest absolute Gasteiger partial charge is 0.388 e. The molecule has 0 saturated heterocycles. The molecule has 0 fully saturated rings. The molecule has 7 heteroatoms. The second-order valence-electron chi connectivity index (χ2n) is 2.19. The molecule has 2 N–H and O–H groups in total. The molecule has 0 rings (SSSR count). The fourth-order valence-corrected chi connectivity index (χ4v) is 0.829. The minimum atomic E-state index is -4.49. The van der Waals surface area contributed by atoms with Crippen LogP contribution >= 0.6 is 0 Å². The van der Waals surface area contributed by atoms with E-state index in [1.165, 1.54) is 6.08 Å². The highest BCUT2D eigenvalue weighted by molar-refractivity contribution is 7.80. The average Bonchev–Trinajstić information content (AvgIpc) is 2.00. The predicted molar refractivity (Wildman–Crippen MR) is 44.5 cm³/mol. The Bertz CT molecular complexity index is 234. The molecule has 0 aliphatic carbocycles. The van der Waals surface area contributed by atoms with Gasteiger partial charge >= 0.3 is 10.4 Å². The van der Waals surface area contributed by atoms with Gasteiger partial charge in [-0.1, -0.05) is 6.08 Å². The lowest BCUT2D eigenvalue weighted by molar-refractivity contribution is 0.0203. The van der Waals surface area contributed by atoms with Crippen LogP contribution in [0.25, 0.3) is 0 Å². The Labute approximate surface area is 76.7 Å². The molecule has 78 valence electrons. The third kappa shape index (κ3) is 9.44. The molecular weight excluding hydrogens is 200 g/mol. The monoisotopic (exact) mass is 212 g/mol. The van der Waals surface area contributed by atoms with Crippen molar-refractivity contribution in [3.63, 3.8) is 0 Å². The van der Waals surface area contributed by atoms with Crippen LogP contribution in [0.15, 0.2) is 12.7 Å². The largest absolute Gasteiger partial charge is 0.397 e. The highest BCUT2D eigenvalue weighted by atomic mass is 32.3. The van der Waals surface area contributed by atoms with Gasteiger partial charge in [-0.15, -0.1) is 6.58 Å². The van der Waals surface area contributed by atoms with Crippen LogP contribution in [0.1, 0.15) is 0 Å². The van der Waals surface area contributed by atoms with Crippen molar-refractivity contribution in [2.45, 2.75) is 6.10 Å². The van der Waals surface area contributed by atoms with E-state index in [1.54, 1.807) is 0 Å². The molecule has 1 atom stereocenters. The first-order valence-corrected chi connectivity index (χ1v) is 4.80. The molecule has 0 aromatic carbocycles. The number of hydrogen-bond donors (Lipinski definition) is 2. The Kier molecular flexibility index (Phi) is 5.84. The molecule has 0 aromatic heterocycles. The Morgan fingerprint density at radius 3 is 2.54 bits per heavy atom. The molecule has 0 radical (unpaired) electrons. The van der Waals surface area contributed by atoms with Crippen LogP contribution < -0.4 is 0 Å². The van der Waals surface area contributed by atoms with Crippen molar-refractivity contribution in [2.24, 2.45) is 0 Å². The van der Waals surface area contributed by atoms with E-state index in [2.05, 4.69) is 10.8 Å². The maximum absolute atomic E-state index is 10.0. The van der Waals surface area contributed by atoms with Crippen LogP contribution in [0.5, 0.6) is 0 Å². The van der Waals surface area contributed by atoms with E-state index in [0.29, 0.717) is 0 Å². The van der Waals surface area contributed by atoms with Crippen molar-refractivity contribution < 1.29 is 27.0 Å². The fourth-order valence-electron chi connectivity index (χ4n) is 0.500. The van der Waals surface area contributed by atoms with E-state index < -0.39 is 23.1 Å². The van der Waals surface area contributed by atoms with Crippen LogP contribution in [-0.4, -0.2) is 44.0 Å². The van der Waals surface area contributed by atoms with Gasteiger partial charge in [0, 0.05) is 0 Å². The van der Waals surface area contributed by atoms with Crippen LogP contribution in [0.2, 0.25) is 0 Å². The van der Waals surface area contributed by atoms with Crippen LogP contribution in [0.4, 0.5) is 0 Å². The molecule has 1 unspecified atom stereocenters.